The molecule has 6 heterocycles. The van der Waals surface area contributed by atoms with Crippen molar-refractivity contribution < 1.29 is 33.4 Å². The van der Waals surface area contributed by atoms with Gasteiger partial charge in [0.15, 0.2) is 11.3 Å². The van der Waals surface area contributed by atoms with Crippen molar-refractivity contribution in [3.8, 4) is 5.75 Å². The second kappa shape index (κ2) is 23.0. The van der Waals surface area contributed by atoms with Crippen molar-refractivity contribution in [2.75, 3.05) is 44.7 Å². The summed E-state index contributed by atoms with van der Waals surface area (Å²) >= 11 is 43.6. The molecule has 64 heavy (non-hydrogen) atoms. The molecule has 0 unspecified atom stereocenters. The summed E-state index contributed by atoms with van der Waals surface area (Å²) in [7, 11) is 0. The van der Waals surface area contributed by atoms with Crippen molar-refractivity contribution >= 4 is 129 Å². The van der Waals surface area contributed by atoms with Crippen molar-refractivity contribution in [3.63, 3.8) is 0 Å². The van der Waals surface area contributed by atoms with Crippen LogP contribution in [0, 0.1) is 0 Å². The van der Waals surface area contributed by atoms with E-state index in [-0.39, 0.29) is 42.6 Å². The monoisotopic (exact) mass is 1050 g/mol. The molecule has 27 heteroatoms. The van der Waals surface area contributed by atoms with E-state index in [2.05, 4.69) is 60.4 Å². The van der Waals surface area contributed by atoms with Gasteiger partial charge in [-0.2, -0.15) is 0 Å². The van der Waals surface area contributed by atoms with Crippen molar-refractivity contribution in [1.82, 2.24) is 47.0 Å². The number of para-hydroxylation sites is 1. The predicted molar refractivity (Wildman–Crippen MR) is 250 cm³/mol. The van der Waals surface area contributed by atoms with Crippen LogP contribution in [0.4, 0.5) is 9.59 Å². The van der Waals surface area contributed by atoms with Gasteiger partial charge in [-0.25, -0.2) is 19.6 Å². The van der Waals surface area contributed by atoms with Crippen molar-refractivity contribution in [2.24, 2.45) is 15.7 Å². The fourth-order valence-electron chi connectivity index (χ4n) is 7.07. The topological polar surface area (TPSA) is 237 Å². The Morgan fingerprint density at radius 3 is 1.62 bits per heavy atom. The largest absolute Gasteiger partial charge is 0.513 e. The van der Waals surface area contributed by atoms with Crippen LogP contribution in [0.15, 0.2) is 89.4 Å². The number of nitrogens with two attached hydrogens (primary N) is 1. The van der Waals surface area contributed by atoms with Crippen LogP contribution in [0.1, 0.15) is 13.8 Å². The number of nitrogens with one attached hydrogen (secondary N) is 7. The van der Waals surface area contributed by atoms with E-state index in [4.69, 9.17) is 113 Å². The molecular weight excluding hydrogens is 1010 g/mol. The molecule has 0 aliphatic carbocycles. The molecule has 0 saturated carbocycles. The molecule has 2 fully saturated rings. The minimum Gasteiger partial charge on any atom is -0.447 e. The molecule has 2 saturated heterocycles. The minimum atomic E-state index is -2.17. The van der Waals surface area contributed by atoms with Crippen LogP contribution < -0.4 is 47.7 Å². The average molecular weight is 1050 g/mol. The van der Waals surface area contributed by atoms with Crippen molar-refractivity contribution in [3.05, 3.63) is 79.4 Å². The summed E-state index contributed by atoms with van der Waals surface area (Å²) in [6.45, 7) is 13.5. The number of ether oxygens (including phenoxy) is 3. The molecule has 1 aromatic carbocycles. The molecule has 0 radical (unpaired) electrons. The lowest BCUT2D eigenvalue weighted by molar-refractivity contribution is -0.119. The molecule has 6 aliphatic heterocycles. The number of hydrogen-bond donors (Lipinski definition) is 8. The van der Waals surface area contributed by atoms with Crippen LogP contribution in [0.5, 0.6) is 5.75 Å². The maximum atomic E-state index is 12.3. The first-order valence-corrected chi connectivity index (χ1v) is 22.4. The standard InChI is InChI=1S/C19H18Cl3N5O4.C15H19Cl3N6O3.C2H7N.CH2Cl2/c1-11-23-14-13(10-30-17(29)31-12-6-3-2-4-7-12)24-16(25-15(28)19(20,21)22)27-9-5-8-18(14,27)26-11;1-3-19-13(26)27-7-9-10-14(23-8(2)20-10)5-4-6-24(14)12(21-9)22-11(25)15(16,17)18;1-2-3;2-1-3/h2-8,13-14,23,26H,1,9-10H2,(H,24,25,28);4-5,9-10,20,23H,2-3,6-7H2,1H3,(H,19,26)(H,21,22,25);2-3H2,1H3;1H2/t13-,14-,18+;9-,10-,14+;;/m00../s1. The van der Waals surface area contributed by atoms with Gasteiger partial charge in [0.25, 0.3) is 19.4 Å². The van der Waals surface area contributed by atoms with Gasteiger partial charge in [0.05, 0.1) is 29.1 Å². The SMILES string of the molecule is C=C1N[C@H]2[C@H](COC(=O)NCC)N=C(NC(=O)C(Cl)(Cl)Cl)N3CC=C[C@]23N1.C=C1N[C@H]2[C@H](COC(=O)Oc3ccccc3)N=C(NC(=O)C(Cl)(Cl)Cl)N3CC=C[C@]23N1.CCN.ClCCl. The highest BCUT2D eigenvalue weighted by Crippen LogP contribution is 2.38. The number of benzene rings is 1. The van der Waals surface area contributed by atoms with E-state index < -0.39 is 55.1 Å². The zero-order valence-electron chi connectivity index (χ0n) is 34.1. The lowest BCUT2D eigenvalue weighted by Crippen LogP contribution is -2.70. The normalized spacial score (nSPS) is 25.3. The Morgan fingerprint density at radius 2 is 1.22 bits per heavy atom. The molecular formula is C37H46Cl8N12O7. The lowest BCUT2D eigenvalue weighted by Gasteiger charge is -2.45. The second-order valence-electron chi connectivity index (χ2n) is 13.7. The van der Waals surface area contributed by atoms with Gasteiger partial charge in [0.1, 0.15) is 31.0 Å². The third-order valence-electron chi connectivity index (χ3n) is 9.37. The first-order valence-electron chi connectivity index (χ1n) is 19.1. The third-order valence-corrected chi connectivity index (χ3v) is 10.4. The number of halogens is 8. The molecule has 7 rings (SSSR count). The summed E-state index contributed by atoms with van der Waals surface area (Å²) in [5.41, 5.74) is 3.33. The highest BCUT2D eigenvalue weighted by Gasteiger charge is 2.58. The predicted octanol–water partition coefficient (Wildman–Crippen LogP) is 3.97. The smallest absolute Gasteiger partial charge is 0.447 e. The number of alkyl halides is 8. The summed E-state index contributed by atoms with van der Waals surface area (Å²) < 4.78 is 11.4. The zero-order valence-corrected chi connectivity index (χ0v) is 40.2. The fraction of sp³-hybridized carbons (Fsp3) is 0.459. The number of hydrogen-bond acceptors (Lipinski definition) is 16. The van der Waals surface area contributed by atoms with Crippen LogP contribution in [-0.2, 0) is 19.1 Å². The first-order chi connectivity index (χ1) is 30.2. The number of carbonyl (C=O) groups is 4. The molecule has 6 atom stereocenters. The molecule has 19 nitrogen and oxygen atoms in total. The number of aliphatic imine (C=N–C) groups is 2. The molecule has 2 spiro atoms. The second-order valence-corrected chi connectivity index (χ2v) is 19.1. The molecule has 0 aromatic heterocycles. The summed E-state index contributed by atoms with van der Waals surface area (Å²) in [5, 5.41) is 20.8. The number of nitrogens with zero attached hydrogens (tertiary/aromatic N) is 4. The Balaban J connectivity index is 0.000000252. The minimum absolute atomic E-state index is 0.0188. The number of amides is 3. The van der Waals surface area contributed by atoms with Gasteiger partial charge >= 0.3 is 12.2 Å². The Bertz CT molecular complexity index is 2000. The van der Waals surface area contributed by atoms with Gasteiger partial charge in [-0.3, -0.25) is 20.2 Å². The van der Waals surface area contributed by atoms with E-state index in [1.54, 1.807) is 42.2 Å². The Labute approximate surface area is 409 Å². The summed E-state index contributed by atoms with van der Waals surface area (Å²) in [5.74, 6) is 0.189. The Morgan fingerprint density at radius 1 is 0.797 bits per heavy atom. The summed E-state index contributed by atoms with van der Waals surface area (Å²) in [4.78, 5) is 60.9. The van der Waals surface area contributed by atoms with Gasteiger partial charge in [-0.15, -0.1) is 23.2 Å². The number of carbonyl (C=O) groups excluding carboxylic acids is 4. The molecule has 6 aliphatic rings. The zero-order chi connectivity index (χ0) is 47.5. The maximum absolute atomic E-state index is 12.3. The van der Waals surface area contributed by atoms with Gasteiger partial charge in [0.2, 0.25) is 11.9 Å². The van der Waals surface area contributed by atoms with E-state index in [1.807, 2.05) is 36.1 Å². The van der Waals surface area contributed by atoms with Crippen LogP contribution in [0.3, 0.4) is 0 Å². The lowest BCUT2D eigenvalue weighted by atomic mass is 9.93. The van der Waals surface area contributed by atoms with Gasteiger partial charge in [-0.1, -0.05) is 120 Å². The van der Waals surface area contributed by atoms with Crippen molar-refractivity contribution in [1.29, 1.82) is 0 Å². The van der Waals surface area contributed by atoms with Gasteiger partial charge in [-0.05, 0) is 37.8 Å². The van der Waals surface area contributed by atoms with E-state index >= 15 is 0 Å². The molecule has 352 valence electrons. The summed E-state index contributed by atoms with van der Waals surface area (Å²) in [6, 6.07) is 6.76. The van der Waals surface area contributed by atoms with Gasteiger partial charge < -0.3 is 56.3 Å². The molecule has 9 N–H and O–H groups in total. The number of alkyl carbamates (subject to hydrolysis) is 1. The third kappa shape index (κ3) is 12.9. The molecule has 0 bridgehead atoms. The van der Waals surface area contributed by atoms with Crippen LogP contribution in [0.25, 0.3) is 0 Å². The number of rotatable bonds is 6. The highest BCUT2D eigenvalue weighted by molar-refractivity contribution is 6.77. The molecule has 3 amide bonds. The quantitative estimate of drug-likeness (QED) is 0.0872. The number of guanidine groups is 2. The Kier molecular flexibility index (Phi) is 18.9. The van der Waals surface area contributed by atoms with Crippen LogP contribution in [-0.4, -0.2) is 134 Å². The summed E-state index contributed by atoms with van der Waals surface area (Å²) in [6.07, 6.45) is 6.26. The van der Waals surface area contributed by atoms with Crippen LogP contribution in [0.2, 0.25) is 0 Å². The fourth-order valence-corrected chi connectivity index (χ4v) is 7.35. The first kappa shape index (κ1) is 52.7. The van der Waals surface area contributed by atoms with E-state index in [1.165, 1.54) is 0 Å². The average Bonchev–Trinajstić information content (AvgIpc) is 4.00. The van der Waals surface area contributed by atoms with Crippen molar-refractivity contribution in [2.45, 2.75) is 56.9 Å². The highest BCUT2D eigenvalue weighted by atomic mass is 35.6. The van der Waals surface area contributed by atoms with E-state index in [0.717, 1.165) is 6.54 Å². The van der Waals surface area contributed by atoms with E-state index in [0.29, 0.717) is 37.0 Å². The van der Waals surface area contributed by atoms with Crippen LogP contribution >= 0.6 is 92.8 Å². The molecule has 1 aromatic rings. The maximum Gasteiger partial charge on any atom is 0.513 e. The van der Waals surface area contributed by atoms with Gasteiger partial charge in [0, 0.05) is 19.6 Å². The van der Waals surface area contributed by atoms with E-state index in [9.17, 15) is 19.2 Å². The Hall–Kier alpha value is -3.92.